The van der Waals surface area contributed by atoms with Crippen molar-refractivity contribution in [1.82, 2.24) is 9.55 Å². The Morgan fingerprint density at radius 1 is 0.423 bits per heavy atom. The Bertz CT molecular complexity index is 2760. The molecule has 9 rings (SSSR count). The van der Waals surface area contributed by atoms with E-state index in [0.29, 0.717) is 11.3 Å². The van der Waals surface area contributed by atoms with E-state index in [1.807, 2.05) is 53.1 Å². The molecule has 0 unspecified atom stereocenters. The Morgan fingerprint density at radius 3 is 1.56 bits per heavy atom. The van der Waals surface area contributed by atoms with E-state index in [0.717, 1.165) is 49.3 Å². The zero-order valence-corrected chi connectivity index (χ0v) is 28.1. The van der Waals surface area contributed by atoms with Crippen LogP contribution < -0.4 is 21.9 Å². The molecule has 9 aromatic rings. The largest absolute Gasteiger partial charge is 0.506 e. The van der Waals surface area contributed by atoms with Gasteiger partial charge < -0.3 is 5.11 Å². The molecule has 0 aliphatic heterocycles. The number of phenols is 1. The van der Waals surface area contributed by atoms with Gasteiger partial charge in [-0.05, 0) is 67.1 Å². The summed E-state index contributed by atoms with van der Waals surface area (Å²) in [5.41, 5.74) is 9.41. The first-order chi connectivity index (χ1) is 25.4. The lowest BCUT2D eigenvalue weighted by atomic mass is 9.66. The molecule has 0 bridgehead atoms. The smallest absolute Gasteiger partial charge is 0.146 e. The van der Waals surface area contributed by atoms with Gasteiger partial charge in [0.2, 0.25) is 0 Å². The summed E-state index contributed by atoms with van der Waals surface area (Å²) in [5, 5.41) is 15.9. The predicted molar refractivity (Wildman–Crippen MR) is 221 cm³/mol. The number of para-hydroxylation sites is 2. The number of nitrogens with zero attached hydrogens (tertiary/aromatic N) is 2. The van der Waals surface area contributed by atoms with Gasteiger partial charge in [0.05, 0.1) is 16.7 Å². The third-order valence-electron chi connectivity index (χ3n) is 10.0. The molecule has 1 aromatic heterocycles. The number of aromatic hydroxyl groups is 1. The molecule has 1 N–H and O–H groups in total. The van der Waals surface area contributed by atoms with Gasteiger partial charge in [-0.15, -0.1) is 10.9 Å². The average Bonchev–Trinajstić information content (AvgIpc) is 3.58. The van der Waals surface area contributed by atoms with E-state index in [1.165, 1.54) is 16.7 Å². The van der Waals surface area contributed by atoms with E-state index >= 15 is 0 Å². The van der Waals surface area contributed by atoms with E-state index in [9.17, 15) is 5.11 Å². The monoisotopic (exact) mass is 654 g/mol. The second kappa shape index (κ2) is 12.5. The fourth-order valence-electron chi connectivity index (χ4n) is 7.55. The maximum atomic E-state index is 11.5. The Labute approximate surface area is 307 Å². The Balaban J connectivity index is 1.33. The summed E-state index contributed by atoms with van der Waals surface area (Å²) in [6.45, 7) is 0. The first-order valence-corrected chi connectivity index (χ1v) is 17.0. The van der Waals surface area contributed by atoms with Crippen molar-refractivity contribution >= 4 is 85.8 Å². The number of benzene rings is 8. The third-order valence-corrected chi connectivity index (χ3v) is 10.0. The predicted octanol–water partition coefficient (Wildman–Crippen LogP) is 6.88. The normalized spacial score (nSPS) is 11.5. The lowest BCUT2D eigenvalue weighted by Gasteiger charge is -2.23. The molecule has 0 aliphatic rings. The van der Waals surface area contributed by atoms with Crippen LogP contribution in [0.25, 0.3) is 83.0 Å². The first-order valence-electron chi connectivity index (χ1n) is 17.0. The van der Waals surface area contributed by atoms with Gasteiger partial charge >= 0.3 is 0 Å². The topological polar surface area (TPSA) is 38.0 Å². The number of rotatable bonds is 5. The van der Waals surface area contributed by atoms with Gasteiger partial charge in [-0.25, -0.2) is 4.98 Å². The van der Waals surface area contributed by atoms with Crippen molar-refractivity contribution in [2.45, 2.75) is 0 Å². The zero-order valence-electron chi connectivity index (χ0n) is 28.1. The van der Waals surface area contributed by atoms with Crippen molar-refractivity contribution in [3.8, 4) is 56.2 Å². The summed E-state index contributed by atoms with van der Waals surface area (Å²) < 4.78 is 1.83. The van der Waals surface area contributed by atoms with E-state index in [4.69, 9.17) is 36.4 Å². The van der Waals surface area contributed by atoms with Crippen LogP contribution in [0.3, 0.4) is 0 Å². The summed E-state index contributed by atoms with van der Waals surface area (Å²) in [4.78, 5) is 5.15. The molecule has 0 saturated heterocycles. The Hall–Kier alpha value is -6.19. The van der Waals surface area contributed by atoms with Gasteiger partial charge in [-0.1, -0.05) is 150 Å². The van der Waals surface area contributed by atoms with Crippen LogP contribution in [0.4, 0.5) is 0 Å². The van der Waals surface area contributed by atoms with Crippen molar-refractivity contribution in [2.75, 3.05) is 0 Å². The number of imidazole rings is 1. The minimum atomic E-state index is -0.260. The molecule has 234 valence electrons. The fraction of sp³-hybridized carbons (Fsp3) is 0. The summed E-state index contributed by atoms with van der Waals surface area (Å²) in [5.74, 6) is 0.306. The highest BCUT2D eigenvalue weighted by atomic mass is 16.3. The lowest BCUT2D eigenvalue weighted by molar-refractivity contribution is 0.478. The van der Waals surface area contributed by atoms with E-state index in [2.05, 4.69) is 103 Å². The second-order valence-corrected chi connectivity index (χ2v) is 12.9. The minimum absolute atomic E-state index is 0.0388. The molecule has 0 spiro atoms. The van der Waals surface area contributed by atoms with Gasteiger partial charge in [0.25, 0.3) is 0 Å². The van der Waals surface area contributed by atoms with Crippen LogP contribution in [0.5, 0.6) is 5.75 Å². The van der Waals surface area contributed by atoms with Crippen LogP contribution >= 0.6 is 0 Å². The SMILES string of the molecule is [B]c1c([B])c([B])c(-n2c(-c3ccccc3-c3c4ccccc4c(-c4ccc(-c5ccccc5)cc4)c4ccccc34)nc3ccccc32)c(O)c1[B]. The molecule has 8 aromatic carbocycles. The van der Waals surface area contributed by atoms with Gasteiger partial charge in [0.15, 0.2) is 0 Å². The molecule has 3 nitrogen and oxygen atoms in total. The maximum absolute atomic E-state index is 11.5. The molecule has 8 radical (unpaired) electrons. The molecule has 0 amide bonds. The van der Waals surface area contributed by atoms with Crippen LogP contribution in [0.15, 0.2) is 152 Å². The molecule has 52 heavy (non-hydrogen) atoms. The van der Waals surface area contributed by atoms with E-state index in [1.54, 1.807) is 0 Å². The Morgan fingerprint density at radius 2 is 0.904 bits per heavy atom. The molecule has 0 aliphatic carbocycles. The van der Waals surface area contributed by atoms with Crippen molar-refractivity contribution in [3.05, 3.63) is 152 Å². The van der Waals surface area contributed by atoms with Gasteiger partial charge in [0, 0.05) is 5.56 Å². The van der Waals surface area contributed by atoms with Gasteiger partial charge in [-0.3, -0.25) is 4.57 Å². The number of phenolic OH excluding ortho intramolecular Hbond substituents is 1. The van der Waals surface area contributed by atoms with Crippen LogP contribution in [-0.2, 0) is 0 Å². The van der Waals surface area contributed by atoms with Crippen molar-refractivity contribution < 1.29 is 5.11 Å². The molecule has 1 heterocycles. The summed E-state index contributed by atoms with van der Waals surface area (Å²) in [7, 11) is 25.4. The summed E-state index contributed by atoms with van der Waals surface area (Å²) in [6, 6.07) is 52.3. The van der Waals surface area contributed by atoms with Crippen LogP contribution in [0, 0.1) is 0 Å². The van der Waals surface area contributed by atoms with Crippen LogP contribution in [0.1, 0.15) is 0 Å². The minimum Gasteiger partial charge on any atom is -0.506 e. The number of hydrogen-bond donors (Lipinski definition) is 1. The fourth-order valence-corrected chi connectivity index (χ4v) is 7.55. The standard InChI is InChI=1S/C45H26B4N2O/c46-39-40(47)42(49)44(52)43(41(39)48)51-36-21-11-10-20-35(36)50-45(51)34-19-9-8-18-33(34)38-31-16-6-4-14-29(31)37(30-15-5-7-17-32(30)38)28-24-22-27(23-25-28)26-12-2-1-3-13-26/h1-25,52H. The van der Waals surface area contributed by atoms with E-state index in [-0.39, 0.29) is 33.3 Å². The molecule has 7 heteroatoms. The Kier molecular flexibility index (Phi) is 7.66. The van der Waals surface area contributed by atoms with Crippen molar-refractivity contribution in [2.24, 2.45) is 0 Å². The first kappa shape index (κ1) is 31.8. The van der Waals surface area contributed by atoms with Crippen molar-refractivity contribution in [1.29, 1.82) is 0 Å². The summed E-state index contributed by atoms with van der Waals surface area (Å²) in [6.07, 6.45) is 0. The molecular formula is C45H26B4N2O. The maximum Gasteiger partial charge on any atom is 0.146 e. The molecule has 0 saturated carbocycles. The van der Waals surface area contributed by atoms with Gasteiger partial charge in [-0.2, -0.15) is 0 Å². The molecule has 0 fully saturated rings. The zero-order chi connectivity index (χ0) is 35.5. The highest BCUT2D eigenvalue weighted by Gasteiger charge is 2.25. The highest BCUT2D eigenvalue weighted by molar-refractivity contribution is 6.64. The summed E-state index contributed by atoms with van der Waals surface area (Å²) >= 11 is 0. The molecular weight excluding hydrogens is 628 g/mol. The van der Waals surface area contributed by atoms with Crippen molar-refractivity contribution in [3.63, 3.8) is 0 Å². The lowest BCUT2D eigenvalue weighted by Crippen LogP contribution is -2.49. The van der Waals surface area contributed by atoms with Crippen LogP contribution in [0.2, 0.25) is 0 Å². The van der Waals surface area contributed by atoms with Crippen LogP contribution in [-0.4, -0.2) is 46.0 Å². The second-order valence-electron chi connectivity index (χ2n) is 12.9. The number of fused-ring (bicyclic) bond motifs is 3. The number of aromatic nitrogens is 2. The quantitative estimate of drug-likeness (QED) is 0.163. The number of hydrogen-bond acceptors (Lipinski definition) is 2. The van der Waals surface area contributed by atoms with Gasteiger partial charge in [0.1, 0.15) is 43.0 Å². The molecule has 0 atom stereocenters. The highest BCUT2D eigenvalue weighted by Crippen LogP contribution is 2.46. The average molecular weight is 654 g/mol. The third kappa shape index (κ3) is 4.92. The van der Waals surface area contributed by atoms with E-state index < -0.39 is 0 Å².